The smallest absolute Gasteiger partial charge is 0.266 e. The van der Waals surface area contributed by atoms with Crippen molar-refractivity contribution in [3.8, 4) is 0 Å². The van der Waals surface area contributed by atoms with Crippen molar-refractivity contribution in [2.45, 2.75) is 18.4 Å². The molecule has 0 aliphatic heterocycles. The Hall–Kier alpha value is -0.830. The molecule has 1 aromatic heterocycles. The molecule has 2 rings (SSSR count). The molecule has 0 aliphatic rings. The number of anilines is 1. The molecule has 108 valence electrons. The molecule has 1 heterocycles. The highest BCUT2D eigenvalue weighted by Gasteiger charge is 2.23. The van der Waals surface area contributed by atoms with Crippen LogP contribution in [-0.2, 0) is 16.6 Å². The lowest BCUT2D eigenvalue weighted by atomic mass is 10.2. The maximum Gasteiger partial charge on any atom is 0.266 e. The number of benzene rings is 1. The van der Waals surface area contributed by atoms with Crippen molar-refractivity contribution in [1.29, 1.82) is 0 Å². The number of nitrogens with one attached hydrogen (secondary N) is 1. The summed E-state index contributed by atoms with van der Waals surface area (Å²) in [4.78, 5) is -0.0520. The molecule has 8 heteroatoms. The molecular weight excluding hydrogens is 414 g/mol. The standard InChI is InChI=1S/C12H11Br2NO4S/c1-7-4-8(13)2-3-10(7)15-20(17,18)11-5-9(6-16)19-12(11)14/h2-5,15-16H,6H2,1H3. The van der Waals surface area contributed by atoms with Crippen LogP contribution < -0.4 is 4.72 Å². The van der Waals surface area contributed by atoms with E-state index < -0.39 is 10.0 Å². The van der Waals surface area contributed by atoms with E-state index in [2.05, 4.69) is 36.6 Å². The number of aliphatic hydroxyl groups excluding tert-OH is 1. The van der Waals surface area contributed by atoms with Gasteiger partial charge in [-0.05, 0) is 46.6 Å². The molecule has 2 aromatic rings. The van der Waals surface area contributed by atoms with Crippen LogP contribution in [0.2, 0.25) is 0 Å². The maximum absolute atomic E-state index is 12.3. The van der Waals surface area contributed by atoms with E-state index in [1.54, 1.807) is 25.1 Å². The monoisotopic (exact) mass is 423 g/mol. The predicted octanol–water partition coefficient (Wildman–Crippen LogP) is 3.41. The van der Waals surface area contributed by atoms with Gasteiger partial charge >= 0.3 is 0 Å². The minimum atomic E-state index is -3.79. The fraction of sp³-hybridized carbons (Fsp3) is 0.167. The van der Waals surface area contributed by atoms with Gasteiger partial charge in [0.05, 0.1) is 5.69 Å². The molecule has 0 radical (unpaired) electrons. The van der Waals surface area contributed by atoms with Crippen LogP contribution in [0.4, 0.5) is 5.69 Å². The summed E-state index contributed by atoms with van der Waals surface area (Å²) in [7, 11) is -3.79. The number of halogens is 2. The Kier molecular flexibility index (Phi) is 4.58. The van der Waals surface area contributed by atoms with Gasteiger partial charge in [0, 0.05) is 10.5 Å². The molecular formula is C12H11Br2NO4S. The first-order valence-electron chi connectivity index (χ1n) is 5.51. The summed E-state index contributed by atoms with van der Waals surface area (Å²) >= 11 is 6.35. The summed E-state index contributed by atoms with van der Waals surface area (Å²) in [5.74, 6) is 0.171. The molecule has 0 atom stereocenters. The van der Waals surface area contributed by atoms with Crippen molar-refractivity contribution < 1.29 is 17.9 Å². The number of rotatable bonds is 4. The average Bonchev–Trinajstić information content (AvgIpc) is 2.75. The fourth-order valence-electron chi connectivity index (χ4n) is 1.60. The van der Waals surface area contributed by atoms with E-state index in [-0.39, 0.29) is 21.9 Å². The van der Waals surface area contributed by atoms with Gasteiger partial charge in [-0.1, -0.05) is 15.9 Å². The molecule has 0 bridgehead atoms. The van der Waals surface area contributed by atoms with E-state index in [1.807, 2.05) is 0 Å². The quantitative estimate of drug-likeness (QED) is 0.788. The Morgan fingerprint density at radius 1 is 1.30 bits per heavy atom. The third kappa shape index (κ3) is 3.25. The number of hydrogen-bond acceptors (Lipinski definition) is 4. The molecule has 0 unspecified atom stereocenters. The summed E-state index contributed by atoms with van der Waals surface area (Å²) in [5, 5.41) is 8.97. The van der Waals surface area contributed by atoms with Crippen LogP contribution in [0.15, 0.2) is 42.7 Å². The largest absolute Gasteiger partial charge is 0.450 e. The number of hydrogen-bond donors (Lipinski definition) is 2. The minimum Gasteiger partial charge on any atom is -0.450 e. The van der Waals surface area contributed by atoms with E-state index in [9.17, 15) is 8.42 Å². The van der Waals surface area contributed by atoms with Crippen molar-refractivity contribution in [1.82, 2.24) is 0 Å². The molecule has 0 saturated heterocycles. The second kappa shape index (κ2) is 5.88. The Morgan fingerprint density at radius 2 is 2.00 bits per heavy atom. The van der Waals surface area contributed by atoms with Gasteiger partial charge in [-0.3, -0.25) is 4.72 Å². The normalized spacial score (nSPS) is 11.6. The highest BCUT2D eigenvalue weighted by molar-refractivity contribution is 9.10. The van der Waals surface area contributed by atoms with E-state index in [4.69, 9.17) is 9.52 Å². The molecule has 5 nitrogen and oxygen atoms in total. The molecule has 0 saturated carbocycles. The van der Waals surface area contributed by atoms with Gasteiger partial charge < -0.3 is 9.52 Å². The highest BCUT2D eigenvalue weighted by atomic mass is 79.9. The fourth-order valence-corrected chi connectivity index (χ4v) is 4.21. The number of furan rings is 1. The van der Waals surface area contributed by atoms with Crippen LogP contribution in [0.3, 0.4) is 0 Å². The number of sulfonamides is 1. The third-order valence-electron chi connectivity index (χ3n) is 2.58. The van der Waals surface area contributed by atoms with E-state index in [0.29, 0.717) is 5.69 Å². The lowest BCUT2D eigenvalue weighted by Gasteiger charge is -2.09. The maximum atomic E-state index is 12.3. The van der Waals surface area contributed by atoms with Gasteiger partial charge in [-0.25, -0.2) is 8.42 Å². The Labute approximate surface area is 133 Å². The lowest BCUT2D eigenvalue weighted by molar-refractivity contribution is 0.245. The van der Waals surface area contributed by atoms with Gasteiger partial charge in [0.1, 0.15) is 17.3 Å². The summed E-state index contributed by atoms with van der Waals surface area (Å²) in [6.07, 6.45) is 0. The number of aryl methyl sites for hydroxylation is 1. The Balaban J connectivity index is 2.38. The first-order chi connectivity index (χ1) is 9.33. The van der Waals surface area contributed by atoms with Crippen molar-refractivity contribution in [3.05, 3.63) is 44.7 Å². The van der Waals surface area contributed by atoms with Crippen LogP contribution in [0, 0.1) is 6.92 Å². The Bertz CT molecular complexity index is 740. The lowest BCUT2D eigenvalue weighted by Crippen LogP contribution is -2.13. The van der Waals surface area contributed by atoms with Crippen LogP contribution >= 0.6 is 31.9 Å². The summed E-state index contributed by atoms with van der Waals surface area (Å²) < 4.78 is 33.1. The minimum absolute atomic E-state index is 0.0520. The summed E-state index contributed by atoms with van der Waals surface area (Å²) in [6, 6.07) is 6.49. The SMILES string of the molecule is Cc1cc(Br)ccc1NS(=O)(=O)c1cc(CO)oc1Br. The highest BCUT2D eigenvalue weighted by Crippen LogP contribution is 2.29. The van der Waals surface area contributed by atoms with Gasteiger partial charge in [0.25, 0.3) is 10.0 Å². The first-order valence-corrected chi connectivity index (χ1v) is 8.58. The van der Waals surface area contributed by atoms with Gasteiger partial charge in [-0.15, -0.1) is 0 Å². The van der Waals surface area contributed by atoms with Crippen molar-refractivity contribution in [3.63, 3.8) is 0 Å². The van der Waals surface area contributed by atoms with E-state index >= 15 is 0 Å². The molecule has 0 amide bonds. The van der Waals surface area contributed by atoms with Crippen LogP contribution in [0.5, 0.6) is 0 Å². The zero-order chi connectivity index (χ0) is 14.9. The average molecular weight is 425 g/mol. The second-order valence-corrected chi connectivity index (χ2v) is 7.36. The molecule has 20 heavy (non-hydrogen) atoms. The molecule has 0 aliphatic carbocycles. The van der Waals surface area contributed by atoms with Crippen molar-refractivity contribution in [2.24, 2.45) is 0 Å². The van der Waals surface area contributed by atoms with E-state index in [0.717, 1.165) is 10.0 Å². The molecule has 0 fully saturated rings. The zero-order valence-electron chi connectivity index (χ0n) is 10.4. The van der Waals surface area contributed by atoms with Gasteiger partial charge in [0.15, 0.2) is 4.67 Å². The predicted molar refractivity (Wildman–Crippen MR) is 82.0 cm³/mol. The van der Waals surface area contributed by atoms with E-state index in [1.165, 1.54) is 6.07 Å². The number of aliphatic hydroxyl groups is 1. The topological polar surface area (TPSA) is 79.5 Å². The second-order valence-electron chi connectivity index (χ2n) is 4.07. The van der Waals surface area contributed by atoms with Gasteiger partial charge in [0.2, 0.25) is 0 Å². The van der Waals surface area contributed by atoms with Crippen molar-refractivity contribution >= 4 is 47.6 Å². The molecule has 0 spiro atoms. The summed E-state index contributed by atoms with van der Waals surface area (Å²) in [6.45, 7) is 1.43. The molecule has 1 aromatic carbocycles. The van der Waals surface area contributed by atoms with Crippen molar-refractivity contribution in [2.75, 3.05) is 4.72 Å². The van der Waals surface area contributed by atoms with Crippen LogP contribution in [0.1, 0.15) is 11.3 Å². The third-order valence-corrected chi connectivity index (χ3v) is 5.30. The van der Waals surface area contributed by atoms with Gasteiger partial charge in [-0.2, -0.15) is 0 Å². The zero-order valence-corrected chi connectivity index (χ0v) is 14.3. The Morgan fingerprint density at radius 3 is 2.55 bits per heavy atom. The first kappa shape index (κ1) is 15.6. The summed E-state index contributed by atoms with van der Waals surface area (Å²) in [5.41, 5.74) is 1.26. The van der Waals surface area contributed by atoms with Crippen LogP contribution in [0.25, 0.3) is 0 Å². The molecule has 2 N–H and O–H groups in total. The van der Waals surface area contributed by atoms with Crippen LogP contribution in [-0.4, -0.2) is 13.5 Å².